The first-order chi connectivity index (χ1) is 12.9. The summed E-state index contributed by atoms with van der Waals surface area (Å²) in [5.41, 5.74) is 1.66. The largest absolute Gasteiger partial charge is 0.360 e. The van der Waals surface area contributed by atoms with E-state index in [2.05, 4.69) is 51.1 Å². The third kappa shape index (κ3) is 2.40. The number of allylic oxidation sites excluding steroid dienone is 1. The fourth-order valence-corrected chi connectivity index (χ4v) is 6.67. The van der Waals surface area contributed by atoms with Gasteiger partial charge in [0.25, 0.3) is 5.91 Å². The normalized spacial score (nSPS) is 44.3. The first kappa shape index (κ1) is 17.5. The number of carbonyl (C=O) groups is 1. The van der Waals surface area contributed by atoms with Crippen LogP contribution in [-0.2, 0) is 16.0 Å². The molecule has 2 aliphatic carbocycles. The van der Waals surface area contributed by atoms with Gasteiger partial charge in [-0.1, -0.05) is 50.3 Å². The van der Waals surface area contributed by atoms with E-state index in [4.69, 9.17) is 4.74 Å². The van der Waals surface area contributed by atoms with Crippen molar-refractivity contribution in [2.75, 3.05) is 0 Å². The zero-order valence-electron chi connectivity index (χ0n) is 16.9. The van der Waals surface area contributed by atoms with Crippen LogP contribution in [0, 0.1) is 29.1 Å². The minimum atomic E-state index is -0.255. The van der Waals surface area contributed by atoms with E-state index in [1.807, 2.05) is 24.1 Å². The number of benzene rings is 1. The van der Waals surface area contributed by atoms with Gasteiger partial charge in [-0.15, -0.1) is 0 Å². The number of nitrogens with zero attached hydrogens (tertiary/aromatic N) is 1. The zero-order chi connectivity index (χ0) is 19.0. The summed E-state index contributed by atoms with van der Waals surface area (Å²) in [6.45, 7) is 9.11. The van der Waals surface area contributed by atoms with Crippen molar-refractivity contribution in [2.24, 2.45) is 29.1 Å². The second kappa shape index (κ2) is 5.70. The zero-order valence-corrected chi connectivity index (χ0v) is 16.9. The lowest BCUT2D eigenvalue weighted by atomic mass is 9.61. The molecule has 1 amide bonds. The molecular formula is C24H31NO2. The second-order valence-electron chi connectivity index (χ2n) is 10.0. The van der Waals surface area contributed by atoms with Crippen LogP contribution in [0.4, 0.5) is 0 Å². The summed E-state index contributed by atoms with van der Waals surface area (Å²) in [5, 5.41) is 0. The summed E-state index contributed by atoms with van der Waals surface area (Å²) in [5.74, 6) is 2.70. The molecule has 4 aliphatic rings. The standard InChI is InChI=1S/C24H31NO2/c1-5-11-25-20-16(12-15-9-7-6-8-10-15)17-13-18-19(23(18,2)3)14-24(17,4)27-21(20)22(25)26/h5-11,16-21H,12-14H2,1-4H3/b11-5+/t16-,17?,18+,19-,20+,21-,24+/m0/s1. The van der Waals surface area contributed by atoms with Crippen LogP contribution in [0.3, 0.4) is 0 Å². The molecule has 0 N–H and O–H groups in total. The van der Waals surface area contributed by atoms with E-state index in [9.17, 15) is 4.79 Å². The molecule has 1 unspecified atom stereocenters. The van der Waals surface area contributed by atoms with E-state index >= 15 is 0 Å². The van der Waals surface area contributed by atoms with Crippen LogP contribution < -0.4 is 0 Å². The Morgan fingerprint density at radius 2 is 1.89 bits per heavy atom. The molecule has 2 heterocycles. The molecule has 1 aromatic carbocycles. The molecule has 2 aliphatic heterocycles. The molecule has 5 rings (SSSR count). The number of hydrogen-bond acceptors (Lipinski definition) is 2. The molecule has 27 heavy (non-hydrogen) atoms. The predicted octanol–water partition coefficient (Wildman–Crippen LogP) is 4.43. The fourth-order valence-electron chi connectivity index (χ4n) is 6.67. The van der Waals surface area contributed by atoms with Crippen molar-refractivity contribution >= 4 is 5.91 Å². The second-order valence-corrected chi connectivity index (χ2v) is 10.0. The number of hydrogen-bond donors (Lipinski definition) is 0. The topological polar surface area (TPSA) is 29.5 Å². The highest BCUT2D eigenvalue weighted by Crippen LogP contribution is 2.70. The van der Waals surface area contributed by atoms with Gasteiger partial charge in [0.05, 0.1) is 11.6 Å². The molecule has 0 bridgehead atoms. The van der Waals surface area contributed by atoms with Crippen molar-refractivity contribution in [1.82, 2.24) is 4.90 Å². The van der Waals surface area contributed by atoms with E-state index in [0.717, 1.165) is 24.7 Å². The van der Waals surface area contributed by atoms with Gasteiger partial charge in [0.15, 0.2) is 6.10 Å². The van der Waals surface area contributed by atoms with Crippen molar-refractivity contribution < 1.29 is 9.53 Å². The Bertz CT molecular complexity index is 785. The van der Waals surface area contributed by atoms with Crippen LogP contribution in [0.15, 0.2) is 42.6 Å². The first-order valence-corrected chi connectivity index (χ1v) is 10.5. The number of fused-ring (bicyclic) bond motifs is 3. The Labute approximate surface area is 162 Å². The highest BCUT2D eigenvalue weighted by molar-refractivity contribution is 5.90. The van der Waals surface area contributed by atoms with Crippen molar-refractivity contribution in [1.29, 1.82) is 0 Å². The quantitative estimate of drug-likeness (QED) is 0.742. The number of β-lactam (4-membered cyclic amide) rings is 1. The Hall–Kier alpha value is -1.61. The molecule has 0 radical (unpaired) electrons. The molecular weight excluding hydrogens is 334 g/mol. The van der Waals surface area contributed by atoms with Crippen LogP contribution in [0.2, 0.25) is 0 Å². The lowest BCUT2D eigenvalue weighted by molar-refractivity contribution is -0.249. The maximum atomic E-state index is 12.8. The molecule has 1 aromatic rings. The van der Waals surface area contributed by atoms with Gasteiger partial charge in [0.2, 0.25) is 0 Å². The molecule has 4 fully saturated rings. The highest BCUT2D eigenvalue weighted by atomic mass is 16.5. The third-order valence-electron chi connectivity index (χ3n) is 8.31. The monoisotopic (exact) mass is 365 g/mol. The first-order valence-electron chi connectivity index (χ1n) is 10.5. The lowest BCUT2D eigenvalue weighted by Gasteiger charge is -2.61. The number of amides is 1. The van der Waals surface area contributed by atoms with Gasteiger partial charge in [-0.05, 0) is 67.8 Å². The minimum Gasteiger partial charge on any atom is -0.360 e. The van der Waals surface area contributed by atoms with E-state index in [-0.39, 0.29) is 23.7 Å². The smallest absolute Gasteiger partial charge is 0.258 e. The van der Waals surface area contributed by atoms with Crippen molar-refractivity contribution in [3.8, 4) is 0 Å². The molecule has 144 valence electrons. The van der Waals surface area contributed by atoms with Crippen LogP contribution in [0.5, 0.6) is 0 Å². The van der Waals surface area contributed by atoms with Crippen molar-refractivity contribution in [3.63, 3.8) is 0 Å². The summed E-state index contributed by atoms with van der Waals surface area (Å²) in [4.78, 5) is 14.7. The van der Waals surface area contributed by atoms with Crippen LogP contribution in [-0.4, -0.2) is 28.6 Å². The SMILES string of the molecule is C/C=C/N1C(=O)[C@H]2O[C@]3(C)C[C@H]4[C@@H](CC3[C@H](Cc3ccccc3)[C@H]21)C4(C)C. The number of carbonyl (C=O) groups excluding carboxylic acids is 1. The average Bonchev–Trinajstić information content (AvgIpc) is 3.17. The summed E-state index contributed by atoms with van der Waals surface area (Å²) in [6.07, 6.45) is 7.07. The third-order valence-corrected chi connectivity index (χ3v) is 8.31. The summed E-state index contributed by atoms with van der Waals surface area (Å²) < 4.78 is 6.60. The van der Waals surface area contributed by atoms with Gasteiger partial charge in [-0.25, -0.2) is 0 Å². The fraction of sp³-hybridized carbons (Fsp3) is 0.625. The number of rotatable bonds is 3. The summed E-state index contributed by atoms with van der Waals surface area (Å²) >= 11 is 0. The molecule has 3 heteroatoms. The van der Waals surface area contributed by atoms with Crippen LogP contribution >= 0.6 is 0 Å². The van der Waals surface area contributed by atoms with Crippen molar-refractivity contribution in [3.05, 3.63) is 48.2 Å². The highest BCUT2D eigenvalue weighted by Gasteiger charge is 2.70. The van der Waals surface area contributed by atoms with Gasteiger partial charge in [0, 0.05) is 6.20 Å². The number of likely N-dealkylation sites (tertiary alicyclic amines) is 1. The van der Waals surface area contributed by atoms with E-state index in [1.54, 1.807) is 0 Å². The molecule has 2 saturated carbocycles. The molecule has 3 nitrogen and oxygen atoms in total. The Morgan fingerprint density at radius 1 is 1.15 bits per heavy atom. The van der Waals surface area contributed by atoms with E-state index in [0.29, 0.717) is 17.3 Å². The van der Waals surface area contributed by atoms with Crippen molar-refractivity contribution in [2.45, 2.75) is 64.7 Å². The molecule has 7 atom stereocenters. The predicted molar refractivity (Wildman–Crippen MR) is 106 cm³/mol. The average molecular weight is 366 g/mol. The lowest BCUT2D eigenvalue weighted by Crippen LogP contribution is -2.74. The Morgan fingerprint density at radius 3 is 2.59 bits per heavy atom. The minimum absolute atomic E-state index is 0.146. The Balaban J connectivity index is 1.51. The van der Waals surface area contributed by atoms with Crippen LogP contribution in [0.25, 0.3) is 0 Å². The van der Waals surface area contributed by atoms with Gasteiger partial charge < -0.3 is 9.64 Å². The van der Waals surface area contributed by atoms with Gasteiger partial charge in [-0.3, -0.25) is 4.79 Å². The van der Waals surface area contributed by atoms with Crippen LogP contribution in [0.1, 0.15) is 46.1 Å². The molecule has 0 spiro atoms. The van der Waals surface area contributed by atoms with E-state index < -0.39 is 0 Å². The molecule has 2 saturated heterocycles. The summed E-state index contributed by atoms with van der Waals surface area (Å²) in [6, 6.07) is 11.0. The molecule has 0 aromatic heterocycles. The van der Waals surface area contributed by atoms with Gasteiger partial charge in [-0.2, -0.15) is 0 Å². The maximum Gasteiger partial charge on any atom is 0.258 e. The van der Waals surface area contributed by atoms with Gasteiger partial charge in [0.1, 0.15) is 0 Å². The van der Waals surface area contributed by atoms with E-state index in [1.165, 1.54) is 12.0 Å². The maximum absolute atomic E-state index is 12.8. The van der Waals surface area contributed by atoms with Gasteiger partial charge >= 0.3 is 0 Å². The number of ether oxygens (including phenoxy) is 1. The summed E-state index contributed by atoms with van der Waals surface area (Å²) in [7, 11) is 0. The Kier molecular flexibility index (Phi) is 3.69.